The van der Waals surface area contributed by atoms with Gasteiger partial charge in [-0.05, 0) is 50.8 Å². The van der Waals surface area contributed by atoms with Crippen LogP contribution in [-0.4, -0.2) is 23.7 Å². The Balaban J connectivity index is 2.22. The van der Waals surface area contributed by atoms with Gasteiger partial charge < -0.3 is 19.2 Å². The Labute approximate surface area is 170 Å². The van der Waals surface area contributed by atoms with Crippen LogP contribution < -0.4 is 15.7 Å². The zero-order valence-electron chi connectivity index (χ0n) is 17.8. The van der Waals surface area contributed by atoms with Gasteiger partial charge in [0, 0.05) is 17.5 Å². The molecule has 29 heavy (non-hydrogen) atoms. The minimum absolute atomic E-state index is 0.218. The monoisotopic (exact) mass is 403 g/mol. The van der Waals surface area contributed by atoms with Crippen LogP contribution in [0.4, 0.5) is 4.79 Å². The number of benzene rings is 1. The summed E-state index contributed by atoms with van der Waals surface area (Å²) < 4.78 is 15.9. The van der Waals surface area contributed by atoms with Crippen LogP contribution in [0.3, 0.4) is 0 Å². The van der Waals surface area contributed by atoms with Gasteiger partial charge in [0.25, 0.3) is 0 Å². The Morgan fingerprint density at radius 3 is 2.45 bits per heavy atom. The average Bonchev–Trinajstić information content (AvgIpc) is 2.57. The van der Waals surface area contributed by atoms with E-state index < -0.39 is 29.3 Å². The standard InChI is InChI=1S/C22H29NO6/c1-7-8-14-11-18(24)28-17-12-15(9-10-16(14)17)27-20(25)19(13(2)3)23-21(26)29-22(4,5)6/h9-13,19H,7-8H2,1-6H3,(H,23,26). The molecule has 1 unspecified atom stereocenters. The lowest BCUT2D eigenvalue weighted by atomic mass is 10.0. The summed E-state index contributed by atoms with van der Waals surface area (Å²) in [5.74, 6) is -0.613. The molecule has 0 aliphatic carbocycles. The van der Waals surface area contributed by atoms with E-state index in [0.717, 1.165) is 23.8 Å². The molecule has 1 amide bonds. The average molecular weight is 403 g/mol. The van der Waals surface area contributed by atoms with Crippen LogP contribution in [-0.2, 0) is 16.0 Å². The van der Waals surface area contributed by atoms with Crippen molar-refractivity contribution < 1.29 is 23.5 Å². The molecule has 1 heterocycles. The Morgan fingerprint density at radius 2 is 1.86 bits per heavy atom. The van der Waals surface area contributed by atoms with Gasteiger partial charge in [0.15, 0.2) is 0 Å². The molecule has 2 rings (SSSR count). The van der Waals surface area contributed by atoms with Crippen molar-refractivity contribution in [1.82, 2.24) is 5.32 Å². The van der Waals surface area contributed by atoms with Gasteiger partial charge in [0.1, 0.15) is 23.0 Å². The van der Waals surface area contributed by atoms with Gasteiger partial charge in [-0.25, -0.2) is 14.4 Å². The van der Waals surface area contributed by atoms with Crippen molar-refractivity contribution in [1.29, 1.82) is 0 Å². The summed E-state index contributed by atoms with van der Waals surface area (Å²) in [6, 6.07) is 5.51. The van der Waals surface area contributed by atoms with Crippen molar-refractivity contribution in [3.05, 3.63) is 40.2 Å². The fraction of sp³-hybridized carbons (Fsp3) is 0.500. The van der Waals surface area contributed by atoms with Gasteiger partial charge in [-0.15, -0.1) is 0 Å². The Bertz CT molecular complexity index is 938. The first-order valence-electron chi connectivity index (χ1n) is 9.78. The first-order chi connectivity index (χ1) is 13.5. The minimum atomic E-state index is -0.890. The topological polar surface area (TPSA) is 94.8 Å². The number of nitrogens with one attached hydrogen (secondary N) is 1. The van der Waals surface area contributed by atoms with E-state index in [0.29, 0.717) is 5.58 Å². The molecule has 0 bridgehead atoms. The summed E-state index contributed by atoms with van der Waals surface area (Å²) >= 11 is 0. The minimum Gasteiger partial charge on any atom is -0.444 e. The second-order valence-corrected chi connectivity index (χ2v) is 8.29. The SMILES string of the molecule is CCCc1cc(=O)oc2cc(OC(=O)C(NC(=O)OC(C)(C)C)C(C)C)ccc12. The molecular weight excluding hydrogens is 374 g/mol. The zero-order chi connectivity index (χ0) is 21.8. The number of carbonyl (C=O) groups is 2. The van der Waals surface area contributed by atoms with E-state index in [1.54, 1.807) is 46.8 Å². The predicted octanol–water partition coefficient (Wildman–Crippen LogP) is 4.20. The Morgan fingerprint density at radius 1 is 1.17 bits per heavy atom. The summed E-state index contributed by atoms with van der Waals surface area (Å²) in [4.78, 5) is 36.5. The van der Waals surface area contributed by atoms with Gasteiger partial charge in [-0.3, -0.25) is 0 Å². The molecule has 0 spiro atoms. The van der Waals surface area contributed by atoms with Crippen LogP contribution >= 0.6 is 0 Å². The highest BCUT2D eigenvalue weighted by Gasteiger charge is 2.28. The van der Waals surface area contributed by atoms with Crippen molar-refractivity contribution in [2.75, 3.05) is 0 Å². The number of rotatable bonds is 6. The van der Waals surface area contributed by atoms with Crippen LogP contribution in [0.1, 0.15) is 53.5 Å². The molecule has 0 radical (unpaired) electrons. The van der Waals surface area contributed by atoms with E-state index in [1.807, 2.05) is 6.92 Å². The third kappa shape index (κ3) is 6.34. The number of aryl methyl sites for hydroxylation is 1. The first kappa shape index (κ1) is 22.5. The molecule has 0 saturated heterocycles. The van der Waals surface area contributed by atoms with E-state index in [2.05, 4.69) is 5.32 Å². The van der Waals surface area contributed by atoms with Crippen molar-refractivity contribution in [3.8, 4) is 5.75 Å². The Kier molecular flexibility index (Phi) is 7.06. The maximum Gasteiger partial charge on any atom is 0.408 e. The van der Waals surface area contributed by atoms with Crippen LogP contribution in [0.2, 0.25) is 0 Å². The highest BCUT2D eigenvalue weighted by molar-refractivity contribution is 5.85. The number of amides is 1. The maximum atomic E-state index is 12.6. The van der Waals surface area contributed by atoms with E-state index in [9.17, 15) is 14.4 Å². The van der Waals surface area contributed by atoms with Gasteiger partial charge in [-0.1, -0.05) is 27.2 Å². The summed E-state index contributed by atoms with van der Waals surface area (Å²) in [5.41, 5.74) is 0.119. The lowest BCUT2D eigenvalue weighted by Crippen LogP contribution is -2.48. The molecule has 0 aliphatic rings. The summed E-state index contributed by atoms with van der Waals surface area (Å²) in [7, 11) is 0. The molecule has 0 fully saturated rings. The summed E-state index contributed by atoms with van der Waals surface area (Å²) in [5, 5.41) is 3.36. The van der Waals surface area contributed by atoms with Gasteiger partial charge in [0.05, 0.1) is 0 Å². The van der Waals surface area contributed by atoms with E-state index >= 15 is 0 Å². The molecule has 7 nitrogen and oxygen atoms in total. The third-order valence-electron chi connectivity index (χ3n) is 4.13. The highest BCUT2D eigenvalue weighted by Crippen LogP contribution is 2.24. The van der Waals surface area contributed by atoms with E-state index in [1.165, 1.54) is 12.1 Å². The zero-order valence-corrected chi connectivity index (χ0v) is 17.8. The van der Waals surface area contributed by atoms with Crippen molar-refractivity contribution >= 4 is 23.0 Å². The van der Waals surface area contributed by atoms with Crippen LogP contribution in [0.5, 0.6) is 5.75 Å². The fourth-order valence-corrected chi connectivity index (χ4v) is 2.86. The number of hydrogen-bond donors (Lipinski definition) is 1. The van der Waals surface area contributed by atoms with E-state index in [-0.39, 0.29) is 11.7 Å². The number of esters is 1. The molecule has 1 aromatic carbocycles. The smallest absolute Gasteiger partial charge is 0.408 e. The number of fused-ring (bicyclic) bond motifs is 1. The fourth-order valence-electron chi connectivity index (χ4n) is 2.86. The lowest BCUT2D eigenvalue weighted by molar-refractivity contribution is -0.137. The number of carbonyl (C=O) groups excluding carboxylic acids is 2. The quantitative estimate of drug-likeness (QED) is 0.441. The molecule has 0 saturated carbocycles. The van der Waals surface area contributed by atoms with Gasteiger partial charge >= 0.3 is 17.7 Å². The van der Waals surface area contributed by atoms with E-state index in [4.69, 9.17) is 13.9 Å². The van der Waals surface area contributed by atoms with Crippen molar-refractivity contribution in [2.24, 2.45) is 5.92 Å². The van der Waals surface area contributed by atoms with Gasteiger partial charge in [-0.2, -0.15) is 0 Å². The molecular formula is C22H29NO6. The lowest BCUT2D eigenvalue weighted by Gasteiger charge is -2.24. The normalized spacial score (nSPS) is 12.7. The maximum absolute atomic E-state index is 12.6. The van der Waals surface area contributed by atoms with Crippen LogP contribution in [0.15, 0.2) is 33.5 Å². The summed E-state index contributed by atoms with van der Waals surface area (Å²) in [6.45, 7) is 10.8. The molecule has 1 aromatic heterocycles. The van der Waals surface area contributed by atoms with Crippen LogP contribution in [0, 0.1) is 5.92 Å². The van der Waals surface area contributed by atoms with Crippen molar-refractivity contribution in [3.63, 3.8) is 0 Å². The molecule has 1 atom stereocenters. The second kappa shape index (κ2) is 9.11. The molecule has 2 aromatic rings. The molecule has 0 aliphatic heterocycles. The van der Waals surface area contributed by atoms with Crippen molar-refractivity contribution in [2.45, 2.75) is 66.0 Å². The number of ether oxygens (including phenoxy) is 2. The van der Waals surface area contributed by atoms with Crippen LogP contribution in [0.25, 0.3) is 11.0 Å². The highest BCUT2D eigenvalue weighted by atomic mass is 16.6. The molecule has 7 heteroatoms. The number of hydrogen-bond acceptors (Lipinski definition) is 6. The Hall–Kier alpha value is -2.83. The molecule has 1 N–H and O–H groups in total. The molecule has 158 valence electrons. The summed E-state index contributed by atoms with van der Waals surface area (Å²) in [6.07, 6.45) is 0.944. The largest absolute Gasteiger partial charge is 0.444 e. The van der Waals surface area contributed by atoms with Gasteiger partial charge in [0.2, 0.25) is 0 Å². The third-order valence-corrected chi connectivity index (χ3v) is 4.13. The number of alkyl carbamates (subject to hydrolysis) is 1. The first-order valence-corrected chi connectivity index (χ1v) is 9.78. The second-order valence-electron chi connectivity index (χ2n) is 8.29. The predicted molar refractivity (Wildman–Crippen MR) is 110 cm³/mol.